The van der Waals surface area contributed by atoms with Crippen LogP contribution < -0.4 is 10.1 Å². The van der Waals surface area contributed by atoms with Crippen molar-refractivity contribution in [2.24, 2.45) is 5.92 Å². The summed E-state index contributed by atoms with van der Waals surface area (Å²) in [4.78, 5) is 32.1. The number of amides is 2. The van der Waals surface area contributed by atoms with Crippen LogP contribution in [0.1, 0.15) is 27.4 Å². The van der Waals surface area contributed by atoms with Gasteiger partial charge in [-0.25, -0.2) is 0 Å². The highest BCUT2D eigenvalue weighted by molar-refractivity contribution is 5.95. The standard InChI is InChI=1S/C25H25N3O3/c1-31-23-12-6-5-11-20(23)21-16-28(25(30)19-9-3-2-4-10-19)17-22(21)24(29)27-15-18-8-7-13-26-14-18/h2-14,21-22H,15-17H2,1H3,(H,27,29)/t21-,22+/m1/s1. The summed E-state index contributed by atoms with van der Waals surface area (Å²) >= 11 is 0. The number of aromatic nitrogens is 1. The van der Waals surface area contributed by atoms with Gasteiger partial charge in [0, 0.05) is 43.5 Å². The molecule has 4 rings (SSSR count). The molecule has 2 atom stereocenters. The molecule has 1 N–H and O–H groups in total. The van der Waals surface area contributed by atoms with E-state index in [2.05, 4.69) is 10.3 Å². The number of nitrogens with one attached hydrogen (secondary N) is 1. The fraction of sp³-hybridized carbons (Fsp3) is 0.240. The number of likely N-dealkylation sites (tertiary alicyclic amines) is 1. The highest BCUT2D eigenvalue weighted by Gasteiger charge is 2.41. The number of methoxy groups -OCH3 is 1. The molecule has 1 aromatic heterocycles. The molecule has 2 heterocycles. The highest BCUT2D eigenvalue weighted by Crippen LogP contribution is 2.38. The predicted molar refractivity (Wildman–Crippen MR) is 118 cm³/mol. The number of ether oxygens (including phenoxy) is 1. The first-order chi connectivity index (χ1) is 15.2. The van der Waals surface area contributed by atoms with Gasteiger partial charge in [-0.15, -0.1) is 0 Å². The molecule has 0 aliphatic carbocycles. The number of rotatable bonds is 6. The lowest BCUT2D eigenvalue weighted by atomic mass is 9.87. The Morgan fingerprint density at radius 1 is 1.03 bits per heavy atom. The molecule has 2 amide bonds. The summed E-state index contributed by atoms with van der Waals surface area (Å²) in [5.74, 6) is 0.0519. The Morgan fingerprint density at radius 3 is 2.55 bits per heavy atom. The molecule has 0 unspecified atom stereocenters. The average molecular weight is 415 g/mol. The van der Waals surface area contributed by atoms with Gasteiger partial charge in [-0.05, 0) is 35.4 Å². The van der Waals surface area contributed by atoms with E-state index < -0.39 is 0 Å². The SMILES string of the molecule is COc1ccccc1[C@H]1CN(C(=O)c2ccccc2)C[C@@H]1C(=O)NCc1cccnc1. The fourth-order valence-electron chi connectivity index (χ4n) is 4.11. The van der Waals surface area contributed by atoms with Crippen LogP contribution >= 0.6 is 0 Å². The molecule has 0 spiro atoms. The van der Waals surface area contributed by atoms with Crippen molar-refractivity contribution in [3.63, 3.8) is 0 Å². The van der Waals surface area contributed by atoms with Crippen LogP contribution in [0.25, 0.3) is 0 Å². The Hall–Kier alpha value is -3.67. The molecule has 0 radical (unpaired) electrons. The topological polar surface area (TPSA) is 71.5 Å². The molecule has 6 heteroatoms. The molecule has 158 valence electrons. The van der Waals surface area contributed by atoms with Crippen LogP contribution in [0.4, 0.5) is 0 Å². The third-order valence-electron chi connectivity index (χ3n) is 5.69. The van der Waals surface area contributed by atoms with Crippen molar-refractivity contribution in [3.05, 3.63) is 95.8 Å². The molecule has 3 aromatic rings. The van der Waals surface area contributed by atoms with E-state index in [0.717, 1.165) is 16.9 Å². The average Bonchev–Trinajstić information content (AvgIpc) is 3.28. The number of carbonyl (C=O) groups excluding carboxylic acids is 2. The van der Waals surface area contributed by atoms with Crippen LogP contribution in [-0.2, 0) is 11.3 Å². The maximum atomic E-state index is 13.2. The van der Waals surface area contributed by atoms with E-state index in [0.29, 0.717) is 25.2 Å². The molecule has 6 nitrogen and oxygen atoms in total. The van der Waals surface area contributed by atoms with Gasteiger partial charge in [-0.1, -0.05) is 42.5 Å². The zero-order valence-corrected chi connectivity index (χ0v) is 17.4. The van der Waals surface area contributed by atoms with E-state index in [1.54, 1.807) is 36.5 Å². The van der Waals surface area contributed by atoms with Gasteiger partial charge in [0.15, 0.2) is 0 Å². The summed E-state index contributed by atoms with van der Waals surface area (Å²) in [7, 11) is 1.62. The van der Waals surface area contributed by atoms with E-state index in [1.807, 2.05) is 54.6 Å². The van der Waals surface area contributed by atoms with Crippen LogP contribution in [0.2, 0.25) is 0 Å². The van der Waals surface area contributed by atoms with Crippen molar-refractivity contribution in [3.8, 4) is 5.75 Å². The summed E-state index contributed by atoms with van der Waals surface area (Å²) in [5, 5.41) is 3.02. The summed E-state index contributed by atoms with van der Waals surface area (Å²) < 4.78 is 5.55. The lowest BCUT2D eigenvalue weighted by Gasteiger charge is -2.20. The largest absolute Gasteiger partial charge is 0.496 e. The first kappa shape index (κ1) is 20.6. The van der Waals surface area contributed by atoms with E-state index in [1.165, 1.54) is 0 Å². The monoisotopic (exact) mass is 415 g/mol. The lowest BCUT2D eigenvalue weighted by molar-refractivity contribution is -0.125. The number of carbonyl (C=O) groups is 2. The zero-order chi connectivity index (χ0) is 21.6. The van der Waals surface area contributed by atoms with Gasteiger partial charge in [0.25, 0.3) is 5.91 Å². The smallest absolute Gasteiger partial charge is 0.253 e. The van der Waals surface area contributed by atoms with Gasteiger partial charge in [-0.2, -0.15) is 0 Å². The van der Waals surface area contributed by atoms with E-state index in [-0.39, 0.29) is 23.7 Å². The first-order valence-electron chi connectivity index (χ1n) is 10.3. The minimum atomic E-state index is -0.374. The molecule has 1 fully saturated rings. The minimum Gasteiger partial charge on any atom is -0.496 e. The Bertz CT molecular complexity index is 1040. The second-order valence-corrected chi connectivity index (χ2v) is 7.61. The second-order valence-electron chi connectivity index (χ2n) is 7.61. The van der Waals surface area contributed by atoms with Gasteiger partial charge in [0.1, 0.15) is 5.75 Å². The Morgan fingerprint density at radius 2 is 1.81 bits per heavy atom. The number of hydrogen-bond acceptors (Lipinski definition) is 4. The molecular weight excluding hydrogens is 390 g/mol. The molecule has 1 saturated heterocycles. The normalized spacial score (nSPS) is 17.9. The second kappa shape index (κ2) is 9.43. The number of pyridine rings is 1. The van der Waals surface area contributed by atoms with Crippen LogP contribution in [0, 0.1) is 5.92 Å². The Balaban J connectivity index is 1.58. The maximum Gasteiger partial charge on any atom is 0.253 e. The van der Waals surface area contributed by atoms with Crippen LogP contribution in [0.15, 0.2) is 79.1 Å². The van der Waals surface area contributed by atoms with Crippen molar-refractivity contribution in [1.29, 1.82) is 0 Å². The van der Waals surface area contributed by atoms with Crippen molar-refractivity contribution < 1.29 is 14.3 Å². The minimum absolute atomic E-state index is 0.0666. The number of benzene rings is 2. The molecule has 1 aliphatic heterocycles. The highest BCUT2D eigenvalue weighted by atomic mass is 16.5. The van der Waals surface area contributed by atoms with E-state index >= 15 is 0 Å². The summed E-state index contributed by atoms with van der Waals surface area (Å²) in [5.41, 5.74) is 2.49. The summed E-state index contributed by atoms with van der Waals surface area (Å²) in [6.07, 6.45) is 3.44. The first-order valence-corrected chi connectivity index (χ1v) is 10.3. The Kier molecular flexibility index (Phi) is 6.26. The molecule has 31 heavy (non-hydrogen) atoms. The summed E-state index contributed by atoms with van der Waals surface area (Å²) in [6.45, 7) is 1.21. The predicted octanol–water partition coefficient (Wildman–Crippen LogP) is 3.26. The van der Waals surface area contributed by atoms with E-state index in [9.17, 15) is 9.59 Å². The number of hydrogen-bond donors (Lipinski definition) is 1. The number of para-hydroxylation sites is 1. The van der Waals surface area contributed by atoms with Crippen LogP contribution in [0.5, 0.6) is 5.75 Å². The zero-order valence-electron chi connectivity index (χ0n) is 17.4. The van der Waals surface area contributed by atoms with E-state index in [4.69, 9.17) is 4.74 Å². The quantitative estimate of drug-likeness (QED) is 0.671. The van der Waals surface area contributed by atoms with Crippen LogP contribution in [0.3, 0.4) is 0 Å². The maximum absolute atomic E-state index is 13.2. The third kappa shape index (κ3) is 4.58. The third-order valence-corrected chi connectivity index (χ3v) is 5.69. The van der Waals surface area contributed by atoms with Crippen molar-refractivity contribution >= 4 is 11.8 Å². The van der Waals surface area contributed by atoms with Gasteiger partial charge in [0.2, 0.25) is 5.91 Å². The van der Waals surface area contributed by atoms with Crippen LogP contribution in [-0.4, -0.2) is 41.9 Å². The Labute approximate surface area is 181 Å². The van der Waals surface area contributed by atoms with Gasteiger partial charge in [0.05, 0.1) is 13.0 Å². The lowest BCUT2D eigenvalue weighted by Crippen LogP contribution is -2.35. The van der Waals surface area contributed by atoms with Gasteiger partial charge >= 0.3 is 0 Å². The molecule has 2 aromatic carbocycles. The number of nitrogens with zero attached hydrogens (tertiary/aromatic N) is 2. The van der Waals surface area contributed by atoms with Gasteiger partial charge in [-0.3, -0.25) is 14.6 Å². The van der Waals surface area contributed by atoms with Crippen molar-refractivity contribution in [2.45, 2.75) is 12.5 Å². The molecular formula is C25H25N3O3. The van der Waals surface area contributed by atoms with Crippen molar-refractivity contribution in [1.82, 2.24) is 15.2 Å². The van der Waals surface area contributed by atoms with Gasteiger partial charge < -0.3 is 15.0 Å². The van der Waals surface area contributed by atoms with Crippen molar-refractivity contribution in [2.75, 3.05) is 20.2 Å². The molecule has 0 bridgehead atoms. The molecule has 1 aliphatic rings. The fourth-order valence-corrected chi connectivity index (χ4v) is 4.11. The summed E-state index contributed by atoms with van der Waals surface area (Å²) in [6, 6.07) is 20.6. The molecule has 0 saturated carbocycles.